The first-order valence-electron chi connectivity index (χ1n) is 7.40. The van der Waals surface area contributed by atoms with E-state index in [0.29, 0.717) is 0 Å². The molecule has 0 unspecified atom stereocenters. The summed E-state index contributed by atoms with van der Waals surface area (Å²) in [5, 5.41) is 12.7. The van der Waals surface area contributed by atoms with Gasteiger partial charge in [0.05, 0.1) is 6.10 Å². The number of hydrogen-bond acceptors (Lipinski definition) is 1. The predicted molar refractivity (Wildman–Crippen MR) is 90.9 cm³/mol. The maximum absolute atomic E-state index is 10.4. The van der Waals surface area contributed by atoms with Crippen LogP contribution in [0.3, 0.4) is 0 Å². The van der Waals surface area contributed by atoms with E-state index < -0.39 is 6.10 Å². The number of benzene rings is 2. The minimum Gasteiger partial charge on any atom is -0.388 e. The summed E-state index contributed by atoms with van der Waals surface area (Å²) in [6, 6.07) is 14.2. The molecule has 0 heterocycles. The van der Waals surface area contributed by atoms with Gasteiger partial charge < -0.3 is 5.11 Å². The molecule has 1 nitrogen and oxygen atoms in total. The van der Waals surface area contributed by atoms with Gasteiger partial charge in [0.25, 0.3) is 0 Å². The Morgan fingerprint density at radius 2 is 1.22 bits per heavy atom. The Balaban J connectivity index is 0.000000276. The molecule has 0 aliphatic heterocycles. The zero-order valence-corrected chi connectivity index (χ0v) is 13.7. The molecule has 2 aromatic rings. The molecule has 4 rings (SSSR count). The van der Waals surface area contributed by atoms with E-state index in [4.69, 9.17) is 0 Å². The van der Waals surface area contributed by atoms with Gasteiger partial charge in [-0.3, -0.25) is 0 Å². The molecule has 0 aromatic heterocycles. The molecule has 2 heteroatoms. The maximum atomic E-state index is 10.4. The van der Waals surface area contributed by atoms with Crippen molar-refractivity contribution in [1.29, 1.82) is 0 Å². The van der Waals surface area contributed by atoms with Crippen LogP contribution >= 0.6 is 0 Å². The first kappa shape index (κ1) is 18.5. The second kappa shape index (κ2) is 9.47. The Hall–Kier alpha value is -0.821. The topological polar surface area (TPSA) is 20.2 Å². The molecule has 0 amide bonds. The van der Waals surface area contributed by atoms with Crippen LogP contribution in [0.2, 0.25) is 0 Å². The molecule has 2 aromatic carbocycles. The van der Waals surface area contributed by atoms with E-state index in [1.165, 1.54) is 0 Å². The van der Waals surface area contributed by atoms with Gasteiger partial charge in [0, 0.05) is 5.92 Å². The van der Waals surface area contributed by atoms with Gasteiger partial charge in [-0.2, -0.15) is 0 Å². The Bertz CT molecular complexity index is 572. The van der Waals surface area contributed by atoms with Crippen molar-refractivity contribution in [3.05, 3.63) is 112 Å². The molecule has 2 aliphatic carbocycles. The van der Waals surface area contributed by atoms with Gasteiger partial charge in [-0.15, -0.1) is 0 Å². The van der Waals surface area contributed by atoms with Gasteiger partial charge in [-0.05, 0) is 74.1 Å². The maximum Gasteiger partial charge on any atom is 2.00 e. The van der Waals surface area contributed by atoms with E-state index in [0.717, 1.165) is 22.3 Å². The molecule has 10 radical (unpaired) electrons. The number of aliphatic hydroxyl groups is 1. The Kier molecular flexibility index (Phi) is 7.62. The summed E-state index contributed by atoms with van der Waals surface area (Å²) in [6.45, 7) is 0. The van der Waals surface area contributed by atoms with Crippen LogP contribution in [0.4, 0.5) is 0 Å². The molecule has 2 saturated carbocycles. The third-order valence-corrected chi connectivity index (χ3v) is 3.68. The van der Waals surface area contributed by atoms with Crippen LogP contribution < -0.4 is 0 Å². The average molecular weight is 342 g/mol. The molecular weight excluding hydrogens is 324 g/mol. The summed E-state index contributed by atoms with van der Waals surface area (Å²) in [4.78, 5) is 0. The number of aliphatic hydroxyl groups excluding tert-OH is 1. The largest absolute Gasteiger partial charge is 2.00 e. The second-order valence-electron chi connectivity index (χ2n) is 5.15. The molecule has 2 fully saturated rings. The normalized spacial score (nSPS) is 19.0. The van der Waals surface area contributed by atoms with Crippen molar-refractivity contribution in [2.75, 3.05) is 0 Å². The SMILES string of the molecule is O[C@H]([C]1[CH][CH][CH][CH]1)c1cccc2ccccc12.[CH]1[CH][CH][CH][CH]1.[Fe+2]. The van der Waals surface area contributed by atoms with Gasteiger partial charge in [0.2, 0.25) is 0 Å². The molecule has 2 aliphatic rings. The van der Waals surface area contributed by atoms with Crippen molar-refractivity contribution in [1.82, 2.24) is 0 Å². The van der Waals surface area contributed by atoms with Crippen molar-refractivity contribution < 1.29 is 22.2 Å². The summed E-state index contributed by atoms with van der Waals surface area (Å²) >= 11 is 0. The Morgan fingerprint density at radius 1 is 0.652 bits per heavy atom. The summed E-state index contributed by atoms with van der Waals surface area (Å²) < 4.78 is 0. The predicted octanol–water partition coefficient (Wildman–Crippen LogP) is 4.30. The second-order valence-corrected chi connectivity index (χ2v) is 5.15. The molecule has 0 spiro atoms. The van der Waals surface area contributed by atoms with Crippen molar-refractivity contribution in [3.8, 4) is 0 Å². The minimum atomic E-state index is -0.545. The van der Waals surface area contributed by atoms with Crippen LogP contribution in [0.25, 0.3) is 10.8 Å². The quantitative estimate of drug-likeness (QED) is 0.807. The third kappa shape index (κ3) is 4.83. The fourth-order valence-electron chi connectivity index (χ4n) is 2.56. The van der Waals surface area contributed by atoms with E-state index in [1.54, 1.807) is 0 Å². The van der Waals surface area contributed by atoms with E-state index in [-0.39, 0.29) is 17.1 Å². The Morgan fingerprint density at radius 3 is 1.87 bits per heavy atom. The van der Waals surface area contributed by atoms with Crippen LogP contribution in [-0.4, -0.2) is 5.11 Å². The number of rotatable bonds is 2. The first-order valence-corrected chi connectivity index (χ1v) is 7.40. The zero-order valence-electron chi connectivity index (χ0n) is 12.6. The van der Waals surface area contributed by atoms with Gasteiger partial charge in [0.15, 0.2) is 0 Å². The molecule has 23 heavy (non-hydrogen) atoms. The van der Waals surface area contributed by atoms with Crippen LogP contribution in [0.1, 0.15) is 11.7 Å². The van der Waals surface area contributed by atoms with Crippen LogP contribution in [0.5, 0.6) is 0 Å². The summed E-state index contributed by atoms with van der Waals surface area (Å²) in [6.07, 6.45) is 17.3. The standard InChI is InChI=1S/C16H13O.C5H5.Fe/c17-16(13-7-1-2-8-13)15-11-5-9-12-6-3-4-10-14(12)15;1-2-4-5-3-1;/h1-11,16-17H;1-5H;/q;;+2/t16-;;/m1../s1. The van der Waals surface area contributed by atoms with E-state index in [1.807, 2.05) is 82.1 Å². The monoisotopic (exact) mass is 342 g/mol. The molecule has 114 valence electrons. The Labute approximate surface area is 151 Å². The fourth-order valence-corrected chi connectivity index (χ4v) is 2.56. The molecular formula is C21H18FeO+2. The van der Waals surface area contributed by atoms with Crippen molar-refractivity contribution >= 4 is 10.8 Å². The van der Waals surface area contributed by atoms with Crippen LogP contribution in [0, 0.1) is 63.7 Å². The number of fused-ring (bicyclic) bond motifs is 1. The van der Waals surface area contributed by atoms with Crippen molar-refractivity contribution in [2.24, 2.45) is 0 Å². The molecule has 0 bridgehead atoms. The molecule has 1 N–H and O–H groups in total. The van der Waals surface area contributed by atoms with Gasteiger partial charge >= 0.3 is 17.1 Å². The van der Waals surface area contributed by atoms with E-state index in [9.17, 15) is 5.11 Å². The van der Waals surface area contributed by atoms with E-state index in [2.05, 4.69) is 18.2 Å². The van der Waals surface area contributed by atoms with Gasteiger partial charge in [-0.25, -0.2) is 0 Å². The van der Waals surface area contributed by atoms with E-state index >= 15 is 0 Å². The average Bonchev–Trinajstić information content (AvgIpc) is 3.29. The summed E-state index contributed by atoms with van der Waals surface area (Å²) in [7, 11) is 0. The third-order valence-electron chi connectivity index (χ3n) is 3.68. The van der Waals surface area contributed by atoms with Crippen molar-refractivity contribution in [3.63, 3.8) is 0 Å². The first-order chi connectivity index (χ1) is 10.9. The minimum absolute atomic E-state index is 0. The van der Waals surface area contributed by atoms with Gasteiger partial charge in [0.1, 0.15) is 0 Å². The van der Waals surface area contributed by atoms with Crippen LogP contribution in [0.15, 0.2) is 42.5 Å². The zero-order chi connectivity index (χ0) is 15.2. The number of hydrogen-bond donors (Lipinski definition) is 1. The fraction of sp³-hybridized carbons (Fsp3) is 0.0476. The summed E-state index contributed by atoms with van der Waals surface area (Å²) in [5.74, 6) is 0.946. The van der Waals surface area contributed by atoms with Crippen LogP contribution in [-0.2, 0) is 17.1 Å². The van der Waals surface area contributed by atoms with Crippen molar-refractivity contribution in [2.45, 2.75) is 6.10 Å². The molecule has 1 atom stereocenters. The smallest absolute Gasteiger partial charge is 0.388 e. The summed E-state index contributed by atoms with van der Waals surface area (Å²) in [5.41, 5.74) is 0.967. The molecule has 0 saturated heterocycles. The van der Waals surface area contributed by atoms with Gasteiger partial charge in [-0.1, -0.05) is 42.5 Å².